The molecule has 3 fully saturated rings. The lowest BCUT2D eigenvalue weighted by Gasteiger charge is -2.57. The second-order valence-corrected chi connectivity index (χ2v) is 11.4. The van der Waals surface area contributed by atoms with Crippen LogP contribution in [0.3, 0.4) is 0 Å². The maximum Gasteiger partial charge on any atom is 0.142 e. The van der Waals surface area contributed by atoms with Gasteiger partial charge in [0.05, 0.1) is 11.0 Å². The molecule has 3 saturated carbocycles. The van der Waals surface area contributed by atoms with E-state index >= 15 is 0 Å². The van der Waals surface area contributed by atoms with Gasteiger partial charge in [-0.3, -0.25) is 4.79 Å². The Labute approximate surface area is 165 Å². The van der Waals surface area contributed by atoms with E-state index in [-0.39, 0.29) is 17.1 Å². The minimum atomic E-state index is -0.426. The highest BCUT2D eigenvalue weighted by Gasteiger charge is 2.61. The molecule has 4 aliphatic rings. The average molecular weight is 375 g/mol. The van der Waals surface area contributed by atoms with E-state index in [1.165, 1.54) is 32.1 Å². The summed E-state index contributed by atoms with van der Waals surface area (Å²) in [6, 6.07) is 0. The number of carbonyl (C=O) groups is 1. The standard InChI is InChI=1S/C24H38O3/c1-15-11-12-23(5)16(13-15)7-8-17-18-9-10-20(25)24(18,6)21(14-19(17)23)26-27-22(2,3)4/h14-18,21H,7-13H2,1-6H3/t15-,16-,17+,18+,21?,23+,24+/m1/s1. The van der Waals surface area contributed by atoms with Crippen LogP contribution in [0.4, 0.5) is 0 Å². The fourth-order valence-electron chi connectivity index (χ4n) is 6.83. The van der Waals surface area contributed by atoms with Gasteiger partial charge in [0.1, 0.15) is 11.9 Å². The normalized spacial score (nSPS) is 47.1. The molecule has 7 atom stereocenters. The zero-order valence-electron chi connectivity index (χ0n) is 18.1. The largest absolute Gasteiger partial charge is 0.299 e. The molecule has 3 heteroatoms. The van der Waals surface area contributed by atoms with E-state index in [1.54, 1.807) is 5.57 Å². The molecule has 0 aliphatic heterocycles. The number of hydrogen-bond donors (Lipinski definition) is 0. The van der Waals surface area contributed by atoms with Gasteiger partial charge in [0.2, 0.25) is 0 Å². The number of rotatable bonds is 2. The van der Waals surface area contributed by atoms with Crippen molar-refractivity contribution in [2.24, 2.45) is 34.5 Å². The van der Waals surface area contributed by atoms with Crippen molar-refractivity contribution in [3.05, 3.63) is 11.6 Å². The van der Waals surface area contributed by atoms with Crippen LogP contribution in [-0.4, -0.2) is 17.5 Å². The molecular formula is C24H38O3. The Kier molecular flexibility index (Phi) is 4.67. The van der Waals surface area contributed by atoms with Crippen molar-refractivity contribution in [1.82, 2.24) is 0 Å². The number of carbonyl (C=O) groups excluding carboxylic acids is 1. The Balaban J connectivity index is 1.73. The topological polar surface area (TPSA) is 35.5 Å². The second-order valence-electron chi connectivity index (χ2n) is 11.4. The first-order valence-electron chi connectivity index (χ1n) is 11.2. The van der Waals surface area contributed by atoms with Crippen molar-refractivity contribution in [1.29, 1.82) is 0 Å². The SMILES string of the molecule is C[C@@H]1CC[C@]2(C)C3=CC(OOC(C)(C)C)[C@]4(C)C(=O)CC[C@H]4[C@@H]3CC[C@@H]2C1. The molecule has 4 rings (SSSR count). The van der Waals surface area contributed by atoms with Gasteiger partial charge in [-0.15, -0.1) is 0 Å². The Morgan fingerprint density at radius 2 is 1.85 bits per heavy atom. The van der Waals surface area contributed by atoms with E-state index in [4.69, 9.17) is 9.78 Å². The zero-order chi connectivity index (χ0) is 19.6. The van der Waals surface area contributed by atoms with Crippen molar-refractivity contribution in [2.45, 2.75) is 98.2 Å². The van der Waals surface area contributed by atoms with Crippen LogP contribution < -0.4 is 0 Å². The summed E-state index contributed by atoms with van der Waals surface area (Å²) in [7, 11) is 0. The lowest BCUT2D eigenvalue weighted by atomic mass is 9.48. The summed E-state index contributed by atoms with van der Waals surface area (Å²) in [5.74, 6) is 2.98. The molecule has 27 heavy (non-hydrogen) atoms. The van der Waals surface area contributed by atoms with Gasteiger partial charge in [-0.2, -0.15) is 0 Å². The minimum absolute atomic E-state index is 0.252. The Morgan fingerprint density at radius 1 is 1.11 bits per heavy atom. The third-order valence-electron chi connectivity index (χ3n) is 8.49. The monoisotopic (exact) mass is 374 g/mol. The van der Waals surface area contributed by atoms with Crippen LogP contribution in [0.1, 0.15) is 86.5 Å². The number of allylic oxidation sites excluding steroid dienone is 1. The van der Waals surface area contributed by atoms with E-state index in [0.717, 1.165) is 18.3 Å². The fraction of sp³-hybridized carbons (Fsp3) is 0.875. The minimum Gasteiger partial charge on any atom is -0.299 e. The smallest absolute Gasteiger partial charge is 0.142 e. The molecule has 1 unspecified atom stereocenters. The predicted octanol–water partition coefficient (Wildman–Crippen LogP) is 5.88. The van der Waals surface area contributed by atoms with Gasteiger partial charge in [-0.25, -0.2) is 9.78 Å². The zero-order valence-corrected chi connectivity index (χ0v) is 18.1. The molecule has 0 N–H and O–H groups in total. The lowest BCUT2D eigenvalue weighted by molar-refractivity contribution is -0.379. The summed E-state index contributed by atoms with van der Waals surface area (Å²) in [6.45, 7) is 13.1. The molecule has 152 valence electrons. The molecular weight excluding hydrogens is 336 g/mol. The first kappa shape index (κ1) is 19.6. The molecule has 0 radical (unpaired) electrons. The van der Waals surface area contributed by atoms with E-state index in [9.17, 15) is 4.79 Å². The van der Waals surface area contributed by atoms with Crippen LogP contribution in [-0.2, 0) is 14.6 Å². The summed E-state index contributed by atoms with van der Waals surface area (Å²) >= 11 is 0. The number of Topliss-reactive ketones (excluding diaryl/α,β-unsaturated/α-hetero) is 1. The molecule has 0 aromatic heterocycles. The highest BCUT2D eigenvalue weighted by atomic mass is 17.2. The van der Waals surface area contributed by atoms with Crippen molar-refractivity contribution in [2.75, 3.05) is 0 Å². The van der Waals surface area contributed by atoms with Gasteiger partial charge in [-0.05, 0) is 95.3 Å². The number of hydrogen-bond acceptors (Lipinski definition) is 3. The molecule has 0 spiro atoms. The van der Waals surface area contributed by atoms with Crippen LogP contribution in [0, 0.1) is 34.5 Å². The van der Waals surface area contributed by atoms with E-state index in [0.29, 0.717) is 24.0 Å². The maximum absolute atomic E-state index is 13.0. The van der Waals surface area contributed by atoms with Gasteiger partial charge in [0, 0.05) is 6.42 Å². The summed E-state index contributed by atoms with van der Waals surface area (Å²) in [4.78, 5) is 24.8. The number of ketones is 1. The molecule has 0 aromatic carbocycles. The van der Waals surface area contributed by atoms with Gasteiger partial charge < -0.3 is 0 Å². The van der Waals surface area contributed by atoms with Crippen molar-refractivity contribution in [3.8, 4) is 0 Å². The van der Waals surface area contributed by atoms with E-state index in [2.05, 4.69) is 26.8 Å². The molecule has 0 heterocycles. The molecule has 0 aromatic rings. The van der Waals surface area contributed by atoms with Crippen molar-refractivity contribution < 1.29 is 14.6 Å². The van der Waals surface area contributed by atoms with Crippen LogP contribution in [0.5, 0.6) is 0 Å². The van der Waals surface area contributed by atoms with Gasteiger partial charge in [-0.1, -0.05) is 25.5 Å². The van der Waals surface area contributed by atoms with Crippen LogP contribution in [0.25, 0.3) is 0 Å². The van der Waals surface area contributed by atoms with Gasteiger partial charge in [0.25, 0.3) is 0 Å². The average Bonchev–Trinajstić information content (AvgIpc) is 2.89. The van der Waals surface area contributed by atoms with Gasteiger partial charge >= 0.3 is 0 Å². The fourth-order valence-corrected chi connectivity index (χ4v) is 6.83. The van der Waals surface area contributed by atoms with E-state index < -0.39 is 5.41 Å². The Morgan fingerprint density at radius 3 is 2.56 bits per heavy atom. The van der Waals surface area contributed by atoms with Crippen LogP contribution in [0.2, 0.25) is 0 Å². The van der Waals surface area contributed by atoms with Crippen molar-refractivity contribution in [3.63, 3.8) is 0 Å². The quantitative estimate of drug-likeness (QED) is 0.344. The molecule has 0 bridgehead atoms. The lowest BCUT2D eigenvalue weighted by Crippen LogP contribution is -2.53. The Hall–Kier alpha value is -0.670. The summed E-state index contributed by atoms with van der Waals surface area (Å²) in [5.41, 5.74) is 1.09. The second kappa shape index (κ2) is 6.42. The van der Waals surface area contributed by atoms with Crippen LogP contribution in [0.15, 0.2) is 11.6 Å². The molecule has 0 saturated heterocycles. The van der Waals surface area contributed by atoms with Crippen molar-refractivity contribution >= 4 is 5.78 Å². The van der Waals surface area contributed by atoms with Crippen LogP contribution >= 0.6 is 0 Å². The highest BCUT2D eigenvalue weighted by molar-refractivity contribution is 5.88. The third-order valence-corrected chi connectivity index (χ3v) is 8.49. The molecule has 4 aliphatic carbocycles. The maximum atomic E-state index is 13.0. The highest BCUT2D eigenvalue weighted by Crippen LogP contribution is 2.64. The van der Waals surface area contributed by atoms with E-state index in [1.807, 2.05) is 20.8 Å². The van der Waals surface area contributed by atoms with Gasteiger partial charge in [0.15, 0.2) is 0 Å². The molecule has 3 nitrogen and oxygen atoms in total. The Bertz CT molecular complexity index is 645. The predicted molar refractivity (Wildman–Crippen MR) is 107 cm³/mol. The summed E-state index contributed by atoms with van der Waals surface area (Å²) < 4.78 is 0. The summed E-state index contributed by atoms with van der Waals surface area (Å²) in [6.07, 6.45) is 10.3. The first-order chi connectivity index (χ1) is 12.6. The molecule has 0 amide bonds. The first-order valence-corrected chi connectivity index (χ1v) is 11.2. The number of fused-ring (bicyclic) bond motifs is 5. The summed E-state index contributed by atoms with van der Waals surface area (Å²) in [5, 5.41) is 0. The third kappa shape index (κ3) is 3.04.